The SMILES string of the molecule is COc1ccc(C2CCN(C(=O)O)CC2COc2ccc3c(c2)C(=O)NC3)cc1. The number of nitrogens with zero attached hydrogens (tertiary/aromatic N) is 1. The molecule has 152 valence electrons. The second-order valence-electron chi connectivity index (χ2n) is 7.47. The minimum atomic E-state index is -0.905. The molecule has 2 N–H and O–H groups in total. The number of ether oxygens (including phenoxy) is 2. The number of amides is 2. The lowest BCUT2D eigenvalue weighted by Crippen LogP contribution is -2.44. The fraction of sp³-hybridized carbons (Fsp3) is 0.364. The lowest BCUT2D eigenvalue weighted by atomic mass is 9.81. The van der Waals surface area contributed by atoms with Crippen LogP contribution < -0.4 is 14.8 Å². The zero-order valence-electron chi connectivity index (χ0n) is 16.3. The molecule has 2 atom stereocenters. The number of carbonyl (C=O) groups is 2. The van der Waals surface area contributed by atoms with Gasteiger partial charge >= 0.3 is 6.09 Å². The smallest absolute Gasteiger partial charge is 0.407 e. The van der Waals surface area contributed by atoms with Gasteiger partial charge in [-0.15, -0.1) is 0 Å². The van der Waals surface area contributed by atoms with Crippen LogP contribution in [0.4, 0.5) is 4.79 Å². The van der Waals surface area contributed by atoms with Crippen LogP contribution in [0.2, 0.25) is 0 Å². The summed E-state index contributed by atoms with van der Waals surface area (Å²) in [6.07, 6.45) is -0.170. The number of methoxy groups -OCH3 is 1. The zero-order chi connectivity index (χ0) is 20.4. The van der Waals surface area contributed by atoms with Gasteiger partial charge in [-0.2, -0.15) is 0 Å². The van der Waals surface area contributed by atoms with E-state index < -0.39 is 6.09 Å². The van der Waals surface area contributed by atoms with Crippen LogP contribution in [-0.2, 0) is 6.54 Å². The van der Waals surface area contributed by atoms with Crippen molar-refractivity contribution in [2.24, 2.45) is 5.92 Å². The number of nitrogens with one attached hydrogen (secondary N) is 1. The van der Waals surface area contributed by atoms with Gasteiger partial charge < -0.3 is 24.8 Å². The van der Waals surface area contributed by atoms with E-state index in [-0.39, 0.29) is 17.7 Å². The van der Waals surface area contributed by atoms with Crippen LogP contribution in [0.25, 0.3) is 0 Å². The molecule has 2 aromatic carbocycles. The van der Waals surface area contributed by atoms with E-state index in [1.807, 2.05) is 36.4 Å². The number of carbonyl (C=O) groups excluding carboxylic acids is 1. The molecule has 2 amide bonds. The van der Waals surface area contributed by atoms with Gasteiger partial charge in [-0.1, -0.05) is 18.2 Å². The number of rotatable bonds is 5. The van der Waals surface area contributed by atoms with Crippen molar-refractivity contribution >= 4 is 12.0 Å². The summed E-state index contributed by atoms with van der Waals surface area (Å²) in [5.74, 6) is 1.53. The zero-order valence-corrected chi connectivity index (χ0v) is 16.3. The Bertz CT molecular complexity index is 912. The third kappa shape index (κ3) is 3.99. The summed E-state index contributed by atoms with van der Waals surface area (Å²) in [4.78, 5) is 24.8. The number of piperidine rings is 1. The molecule has 2 heterocycles. The first-order valence-corrected chi connectivity index (χ1v) is 9.71. The van der Waals surface area contributed by atoms with Gasteiger partial charge in [-0.3, -0.25) is 4.79 Å². The summed E-state index contributed by atoms with van der Waals surface area (Å²) in [6, 6.07) is 13.4. The van der Waals surface area contributed by atoms with Crippen molar-refractivity contribution in [1.82, 2.24) is 10.2 Å². The standard InChI is InChI=1S/C22H24N2O5/c1-28-17-5-2-14(3-6-17)19-8-9-24(22(26)27)12-16(19)13-29-18-7-4-15-11-23-21(25)20(15)10-18/h2-7,10,16,19H,8-9,11-13H2,1H3,(H,23,25)(H,26,27). The van der Waals surface area contributed by atoms with E-state index in [0.29, 0.717) is 37.6 Å². The molecule has 1 saturated heterocycles. The summed E-state index contributed by atoms with van der Waals surface area (Å²) in [7, 11) is 1.63. The second-order valence-corrected chi connectivity index (χ2v) is 7.47. The Balaban J connectivity index is 1.51. The number of hydrogen-bond donors (Lipinski definition) is 2. The van der Waals surface area contributed by atoms with Gasteiger partial charge in [0.15, 0.2) is 0 Å². The van der Waals surface area contributed by atoms with E-state index in [1.54, 1.807) is 13.2 Å². The molecule has 2 aliphatic rings. The molecule has 2 aromatic rings. The maximum absolute atomic E-state index is 11.9. The van der Waals surface area contributed by atoms with E-state index >= 15 is 0 Å². The van der Waals surface area contributed by atoms with Crippen molar-refractivity contribution in [3.8, 4) is 11.5 Å². The van der Waals surface area contributed by atoms with Gasteiger partial charge in [0.1, 0.15) is 11.5 Å². The first kappa shape index (κ1) is 19.1. The molecule has 7 heteroatoms. The van der Waals surface area contributed by atoms with Gasteiger partial charge in [0.05, 0.1) is 13.7 Å². The Morgan fingerprint density at radius 3 is 2.69 bits per heavy atom. The van der Waals surface area contributed by atoms with E-state index in [2.05, 4.69) is 5.32 Å². The number of fused-ring (bicyclic) bond motifs is 1. The van der Waals surface area contributed by atoms with Gasteiger partial charge in [0.25, 0.3) is 5.91 Å². The minimum Gasteiger partial charge on any atom is -0.497 e. The van der Waals surface area contributed by atoms with Crippen LogP contribution in [0, 0.1) is 5.92 Å². The van der Waals surface area contributed by atoms with Crippen molar-refractivity contribution in [3.05, 3.63) is 59.2 Å². The van der Waals surface area contributed by atoms with E-state index in [4.69, 9.17) is 9.47 Å². The third-order valence-electron chi connectivity index (χ3n) is 5.78. The van der Waals surface area contributed by atoms with Gasteiger partial charge in [0, 0.05) is 31.1 Å². The number of benzene rings is 2. The third-order valence-corrected chi connectivity index (χ3v) is 5.78. The summed E-state index contributed by atoms with van der Waals surface area (Å²) in [6.45, 7) is 1.84. The number of carboxylic acid groups (broad SMARTS) is 1. The summed E-state index contributed by atoms with van der Waals surface area (Å²) < 4.78 is 11.3. The van der Waals surface area contributed by atoms with E-state index in [1.165, 1.54) is 4.90 Å². The highest BCUT2D eigenvalue weighted by atomic mass is 16.5. The monoisotopic (exact) mass is 396 g/mol. The second kappa shape index (κ2) is 8.03. The number of hydrogen-bond acceptors (Lipinski definition) is 4. The molecule has 7 nitrogen and oxygen atoms in total. The first-order chi connectivity index (χ1) is 14.0. The first-order valence-electron chi connectivity index (χ1n) is 9.71. The number of likely N-dealkylation sites (tertiary alicyclic amines) is 1. The van der Waals surface area contributed by atoms with Gasteiger partial charge in [-0.05, 0) is 47.7 Å². The average Bonchev–Trinajstić information content (AvgIpc) is 3.12. The lowest BCUT2D eigenvalue weighted by Gasteiger charge is -2.37. The van der Waals surface area contributed by atoms with Crippen molar-refractivity contribution in [1.29, 1.82) is 0 Å². The van der Waals surface area contributed by atoms with Crippen LogP contribution in [0.15, 0.2) is 42.5 Å². The minimum absolute atomic E-state index is 0.00956. The molecule has 0 spiro atoms. The van der Waals surface area contributed by atoms with Crippen LogP contribution in [0.5, 0.6) is 11.5 Å². The normalized spacial score (nSPS) is 20.7. The topological polar surface area (TPSA) is 88.1 Å². The van der Waals surface area contributed by atoms with Gasteiger partial charge in [-0.25, -0.2) is 4.79 Å². The van der Waals surface area contributed by atoms with Crippen LogP contribution >= 0.6 is 0 Å². The maximum Gasteiger partial charge on any atom is 0.407 e. The Morgan fingerprint density at radius 1 is 1.21 bits per heavy atom. The summed E-state index contributed by atoms with van der Waals surface area (Å²) in [5.41, 5.74) is 2.76. The molecule has 2 unspecified atom stereocenters. The van der Waals surface area contributed by atoms with Crippen LogP contribution in [0.1, 0.15) is 33.8 Å². The lowest BCUT2D eigenvalue weighted by molar-refractivity contribution is 0.0930. The van der Waals surface area contributed by atoms with Gasteiger partial charge in [0.2, 0.25) is 0 Å². The summed E-state index contributed by atoms with van der Waals surface area (Å²) >= 11 is 0. The predicted octanol–water partition coefficient (Wildman–Crippen LogP) is 3.10. The maximum atomic E-state index is 11.9. The highest BCUT2D eigenvalue weighted by Gasteiger charge is 2.33. The fourth-order valence-corrected chi connectivity index (χ4v) is 4.15. The molecule has 0 radical (unpaired) electrons. The molecular weight excluding hydrogens is 372 g/mol. The van der Waals surface area contributed by atoms with Crippen LogP contribution in [0.3, 0.4) is 0 Å². The average molecular weight is 396 g/mol. The Hall–Kier alpha value is -3.22. The van der Waals surface area contributed by atoms with E-state index in [9.17, 15) is 14.7 Å². The van der Waals surface area contributed by atoms with E-state index in [0.717, 1.165) is 23.3 Å². The molecule has 1 fully saturated rings. The van der Waals surface area contributed by atoms with Crippen molar-refractivity contribution < 1.29 is 24.2 Å². The molecule has 0 bridgehead atoms. The summed E-state index contributed by atoms with van der Waals surface area (Å²) in [5, 5.41) is 12.2. The van der Waals surface area contributed by atoms with Crippen molar-refractivity contribution in [2.45, 2.75) is 18.9 Å². The fourth-order valence-electron chi connectivity index (χ4n) is 4.15. The molecule has 0 saturated carbocycles. The van der Waals surface area contributed by atoms with Crippen LogP contribution in [-0.4, -0.2) is 48.8 Å². The van der Waals surface area contributed by atoms with Crippen molar-refractivity contribution in [2.75, 3.05) is 26.8 Å². The molecule has 0 aromatic heterocycles. The Kier molecular flexibility index (Phi) is 5.29. The molecular formula is C22H24N2O5. The molecule has 4 rings (SSSR count). The highest BCUT2D eigenvalue weighted by molar-refractivity contribution is 5.98. The quantitative estimate of drug-likeness (QED) is 0.811. The predicted molar refractivity (Wildman–Crippen MR) is 107 cm³/mol. The molecule has 0 aliphatic carbocycles. The Labute approximate surface area is 169 Å². The highest BCUT2D eigenvalue weighted by Crippen LogP contribution is 2.34. The molecule has 29 heavy (non-hydrogen) atoms. The molecule has 2 aliphatic heterocycles. The largest absolute Gasteiger partial charge is 0.497 e. The Morgan fingerprint density at radius 2 is 1.97 bits per heavy atom. The van der Waals surface area contributed by atoms with Crippen molar-refractivity contribution in [3.63, 3.8) is 0 Å².